The second kappa shape index (κ2) is 8.56. The first-order chi connectivity index (χ1) is 12.5. The van der Waals surface area contributed by atoms with Crippen LogP contribution in [0.5, 0.6) is 0 Å². The van der Waals surface area contributed by atoms with Gasteiger partial charge in [0, 0.05) is 41.8 Å². The molecule has 0 N–H and O–H groups in total. The lowest BCUT2D eigenvalue weighted by molar-refractivity contribution is -0.130. The SMILES string of the molecule is O=C(Cc1ccc(Cl)cc1)N1CCCN(C(=O)c2cccc(Cl)c2)CC1. The summed E-state index contributed by atoms with van der Waals surface area (Å²) in [5, 5.41) is 1.21. The van der Waals surface area contributed by atoms with Crippen molar-refractivity contribution in [2.24, 2.45) is 0 Å². The molecule has 0 unspecified atom stereocenters. The maximum absolute atomic E-state index is 12.7. The number of halogens is 2. The topological polar surface area (TPSA) is 40.6 Å². The minimum absolute atomic E-state index is 0.0421. The Labute approximate surface area is 163 Å². The normalized spacial score (nSPS) is 14.8. The molecule has 6 heteroatoms. The van der Waals surface area contributed by atoms with Gasteiger partial charge in [0.2, 0.25) is 5.91 Å². The van der Waals surface area contributed by atoms with Crippen molar-refractivity contribution < 1.29 is 9.59 Å². The molecule has 0 bridgehead atoms. The van der Waals surface area contributed by atoms with E-state index in [-0.39, 0.29) is 11.8 Å². The molecular weight excluding hydrogens is 371 g/mol. The van der Waals surface area contributed by atoms with E-state index in [4.69, 9.17) is 23.2 Å². The van der Waals surface area contributed by atoms with Gasteiger partial charge in [0.25, 0.3) is 5.91 Å². The molecule has 1 aliphatic rings. The van der Waals surface area contributed by atoms with Crippen molar-refractivity contribution in [2.45, 2.75) is 12.8 Å². The standard InChI is InChI=1S/C20H20Cl2N2O2/c21-17-7-5-15(6-8-17)13-19(25)23-9-2-10-24(12-11-23)20(26)16-3-1-4-18(22)14-16/h1,3-8,14H,2,9-13H2. The van der Waals surface area contributed by atoms with Crippen LogP contribution >= 0.6 is 23.2 Å². The molecule has 3 rings (SSSR count). The lowest BCUT2D eigenvalue weighted by atomic mass is 10.1. The zero-order chi connectivity index (χ0) is 18.5. The van der Waals surface area contributed by atoms with E-state index in [1.54, 1.807) is 41.3 Å². The van der Waals surface area contributed by atoms with Crippen LogP contribution in [-0.2, 0) is 11.2 Å². The van der Waals surface area contributed by atoms with Gasteiger partial charge in [-0.3, -0.25) is 9.59 Å². The third kappa shape index (κ3) is 4.77. The van der Waals surface area contributed by atoms with E-state index in [0.29, 0.717) is 48.2 Å². The van der Waals surface area contributed by atoms with Gasteiger partial charge < -0.3 is 9.80 Å². The molecule has 4 nitrogen and oxygen atoms in total. The second-order valence-electron chi connectivity index (χ2n) is 6.34. The number of hydrogen-bond acceptors (Lipinski definition) is 2. The minimum Gasteiger partial charge on any atom is -0.341 e. The molecule has 2 aromatic carbocycles. The average molecular weight is 391 g/mol. The van der Waals surface area contributed by atoms with Crippen LogP contribution in [0.25, 0.3) is 0 Å². The molecule has 26 heavy (non-hydrogen) atoms. The van der Waals surface area contributed by atoms with Crippen LogP contribution in [0, 0.1) is 0 Å². The molecule has 0 spiro atoms. The number of carbonyl (C=O) groups is 2. The maximum atomic E-state index is 12.7. The monoisotopic (exact) mass is 390 g/mol. The van der Waals surface area contributed by atoms with Crippen molar-refractivity contribution in [3.63, 3.8) is 0 Å². The average Bonchev–Trinajstić information content (AvgIpc) is 2.89. The van der Waals surface area contributed by atoms with Gasteiger partial charge in [-0.1, -0.05) is 41.4 Å². The van der Waals surface area contributed by atoms with E-state index in [1.165, 1.54) is 0 Å². The molecule has 1 heterocycles. The Balaban J connectivity index is 1.59. The summed E-state index contributed by atoms with van der Waals surface area (Å²) in [5.41, 5.74) is 1.52. The van der Waals surface area contributed by atoms with Crippen molar-refractivity contribution in [3.8, 4) is 0 Å². The maximum Gasteiger partial charge on any atom is 0.253 e. The Morgan fingerprint density at radius 2 is 1.54 bits per heavy atom. The molecule has 1 fully saturated rings. The molecule has 136 valence electrons. The highest BCUT2D eigenvalue weighted by Crippen LogP contribution is 2.15. The molecule has 1 aliphatic heterocycles. The van der Waals surface area contributed by atoms with Gasteiger partial charge in [0.15, 0.2) is 0 Å². The molecule has 0 atom stereocenters. The summed E-state index contributed by atoms with van der Waals surface area (Å²) >= 11 is 11.9. The summed E-state index contributed by atoms with van der Waals surface area (Å²) in [6.45, 7) is 2.36. The summed E-state index contributed by atoms with van der Waals surface area (Å²) in [6, 6.07) is 14.3. The molecule has 0 saturated carbocycles. The van der Waals surface area contributed by atoms with Gasteiger partial charge in [-0.25, -0.2) is 0 Å². The Hall–Kier alpha value is -2.04. The Morgan fingerprint density at radius 1 is 0.846 bits per heavy atom. The highest BCUT2D eigenvalue weighted by atomic mass is 35.5. The van der Waals surface area contributed by atoms with Gasteiger partial charge >= 0.3 is 0 Å². The van der Waals surface area contributed by atoms with E-state index >= 15 is 0 Å². The Bertz CT molecular complexity index is 793. The lowest BCUT2D eigenvalue weighted by Gasteiger charge is -2.22. The minimum atomic E-state index is -0.0421. The molecule has 2 aromatic rings. The van der Waals surface area contributed by atoms with E-state index in [2.05, 4.69) is 0 Å². The molecule has 0 radical (unpaired) electrons. The third-order valence-electron chi connectivity index (χ3n) is 4.48. The fraction of sp³-hybridized carbons (Fsp3) is 0.300. The number of rotatable bonds is 3. The zero-order valence-corrected chi connectivity index (χ0v) is 15.8. The fourth-order valence-electron chi connectivity index (χ4n) is 3.06. The van der Waals surface area contributed by atoms with Crippen LogP contribution in [0.3, 0.4) is 0 Å². The van der Waals surface area contributed by atoms with Gasteiger partial charge in [-0.05, 0) is 42.3 Å². The van der Waals surface area contributed by atoms with Gasteiger partial charge in [-0.2, -0.15) is 0 Å². The van der Waals surface area contributed by atoms with E-state index in [1.807, 2.05) is 17.0 Å². The van der Waals surface area contributed by atoms with Crippen molar-refractivity contribution in [2.75, 3.05) is 26.2 Å². The first-order valence-corrected chi connectivity index (χ1v) is 9.35. The predicted molar refractivity (Wildman–Crippen MR) is 104 cm³/mol. The van der Waals surface area contributed by atoms with Gasteiger partial charge in [-0.15, -0.1) is 0 Å². The van der Waals surface area contributed by atoms with Gasteiger partial charge in [0.1, 0.15) is 0 Å². The molecule has 1 saturated heterocycles. The van der Waals surface area contributed by atoms with E-state index < -0.39 is 0 Å². The van der Waals surface area contributed by atoms with Crippen LogP contribution in [-0.4, -0.2) is 47.8 Å². The smallest absolute Gasteiger partial charge is 0.253 e. The molecule has 2 amide bonds. The van der Waals surface area contributed by atoms with Crippen LogP contribution < -0.4 is 0 Å². The number of benzene rings is 2. The molecular formula is C20H20Cl2N2O2. The number of nitrogens with zero attached hydrogens (tertiary/aromatic N) is 2. The van der Waals surface area contributed by atoms with Crippen LogP contribution in [0.2, 0.25) is 10.0 Å². The Kier molecular flexibility index (Phi) is 6.17. The highest BCUT2D eigenvalue weighted by Gasteiger charge is 2.23. The number of hydrogen-bond donors (Lipinski definition) is 0. The predicted octanol–water partition coefficient (Wildman–Crippen LogP) is 3.91. The number of carbonyl (C=O) groups excluding carboxylic acids is 2. The zero-order valence-electron chi connectivity index (χ0n) is 14.3. The number of amides is 2. The third-order valence-corrected chi connectivity index (χ3v) is 4.96. The van der Waals surface area contributed by atoms with E-state index in [9.17, 15) is 9.59 Å². The largest absolute Gasteiger partial charge is 0.341 e. The van der Waals surface area contributed by atoms with Crippen molar-refractivity contribution >= 4 is 35.0 Å². The summed E-state index contributed by atoms with van der Waals surface area (Å²) < 4.78 is 0. The highest BCUT2D eigenvalue weighted by molar-refractivity contribution is 6.31. The van der Waals surface area contributed by atoms with Crippen LogP contribution in [0.4, 0.5) is 0 Å². The summed E-state index contributed by atoms with van der Waals surface area (Å²) in [6.07, 6.45) is 1.11. The summed E-state index contributed by atoms with van der Waals surface area (Å²) in [5.74, 6) is 0.0314. The first-order valence-electron chi connectivity index (χ1n) is 8.60. The Morgan fingerprint density at radius 3 is 2.27 bits per heavy atom. The fourth-order valence-corrected chi connectivity index (χ4v) is 3.38. The van der Waals surface area contributed by atoms with Crippen molar-refractivity contribution in [1.29, 1.82) is 0 Å². The summed E-state index contributed by atoms with van der Waals surface area (Å²) in [7, 11) is 0. The van der Waals surface area contributed by atoms with E-state index in [0.717, 1.165) is 12.0 Å². The lowest BCUT2D eigenvalue weighted by Crippen LogP contribution is -2.38. The van der Waals surface area contributed by atoms with Crippen molar-refractivity contribution in [3.05, 3.63) is 69.7 Å². The van der Waals surface area contributed by atoms with Crippen LogP contribution in [0.15, 0.2) is 48.5 Å². The van der Waals surface area contributed by atoms with Crippen molar-refractivity contribution in [1.82, 2.24) is 9.80 Å². The van der Waals surface area contributed by atoms with Crippen LogP contribution in [0.1, 0.15) is 22.3 Å². The quantitative estimate of drug-likeness (QED) is 0.796. The molecule has 0 aromatic heterocycles. The molecule has 0 aliphatic carbocycles. The summed E-state index contributed by atoms with van der Waals surface area (Å²) in [4.78, 5) is 28.9. The van der Waals surface area contributed by atoms with Gasteiger partial charge in [0.05, 0.1) is 6.42 Å². The second-order valence-corrected chi connectivity index (χ2v) is 7.21. The first kappa shape index (κ1) is 18.7.